The van der Waals surface area contributed by atoms with E-state index in [1.165, 1.54) is 9.58 Å². The summed E-state index contributed by atoms with van der Waals surface area (Å²) in [4.78, 5) is 57.2. The van der Waals surface area contributed by atoms with Crippen LogP contribution in [0.15, 0.2) is 12.4 Å². The fraction of sp³-hybridized carbons (Fsp3) is 0.614. The molecule has 71 heavy (non-hydrogen) atoms. The van der Waals surface area contributed by atoms with Crippen molar-refractivity contribution >= 4 is 76.9 Å². The van der Waals surface area contributed by atoms with Gasteiger partial charge in [0.25, 0.3) is 11.1 Å². The summed E-state index contributed by atoms with van der Waals surface area (Å²) in [5, 5.41) is 19.6. The van der Waals surface area contributed by atoms with Crippen molar-refractivity contribution in [3.63, 3.8) is 0 Å². The molecule has 4 aliphatic rings. The number of carbonyl (C=O) groups excluding carboxylic acids is 3. The van der Waals surface area contributed by atoms with E-state index in [9.17, 15) is 27.6 Å². The number of aromatic nitrogens is 8. The molecule has 2 saturated heterocycles. The minimum absolute atomic E-state index is 0. The summed E-state index contributed by atoms with van der Waals surface area (Å²) in [6.07, 6.45) is 2.23. The van der Waals surface area contributed by atoms with E-state index in [0.29, 0.717) is 74.5 Å². The fourth-order valence-electron chi connectivity index (χ4n) is 8.11. The number of halogens is 7. The largest absolute Gasteiger partial charge is 0.464 e. The Morgan fingerprint density at radius 3 is 1.73 bits per heavy atom. The van der Waals surface area contributed by atoms with Crippen molar-refractivity contribution in [3.05, 3.63) is 46.5 Å². The second-order valence-electron chi connectivity index (χ2n) is 17.8. The molecule has 0 bridgehead atoms. The van der Waals surface area contributed by atoms with Gasteiger partial charge in [-0.3, -0.25) is 14.7 Å². The number of aromatic amines is 1. The van der Waals surface area contributed by atoms with Crippen LogP contribution in [-0.2, 0) is 38.5 Å². The van der Waals surface area contributed by atoms with Gasteiger partial charge in [0.05, 0.1) is 61.2 Å². The highest BCUT2D eigenvalue weighted by atomic mass is 35.5. The first-order valence-corrected chi connectivity index (χ1v) is 22.7. The number of H-pyrrole nitrogens is 1. The summed E-state index contributed by atoms with van der Waals surface area (Å²) in [6.45, 7) is 16.6. The molecule has 1 amide bonds. The number of carbonyl (C=O) groups is 3. The number of hydrogen-bond acceptors (Lipinski definition) is 17. The molecule has 20 nitrogen and oxygen atoms in total. The SMILES string of the molecule is C.CCOC(=O)n1nc(Nc2nc(OCC)ncc2F)c2c1C(C)(C)NC2.CCOc1ncc(F)c(Nc2n[nH]c3c2CN(C(=O)C2(F)CCN(C)CC2)C3(C)C)n1.CN1CCC(F)(C(=O)Cl)CC1.Cl.Cl. The monoisotopic (exact) mass is 1070 g/mol. The molecule has 27 heteroatoms. The number of likely N-dealkylation sites (tertiary alicyclic amines) is 2. The molecule has 4 aromatic heterocycles. The van der Waals surface area contributed by atoms with Gasteiger partial charge >= 0.3 is 18.1 Å². The van der Waals surface area contributed by atoms with E-state index in [1.807, 2.05) is 51.6 Å². The van der Waals surface area contributed by atoms with E-state index in [0.717, 1.165) is 18.0 Å². The van der Waals surface area contributed by atoms with Crippen molar-refractivity contribution in [1.29, 1.82) is 0 Å². The van der Waals surface area contributed by atoms with Gasteiger partial charge in [0.1, 0.15) is 0 Å². The maximum absolute atomic E-state index is 15.5. The van der Waals surface area contributed by atoms with Crippen LogP contribution in [0.2, 0.25) is 0 Å². The average molecular weight is 1070 g/mol. The summed E-state index contributed by atoms with van der Waals surface area (Å²) >= 11 is 5.11. The van der Waals surface area contributed by atoms with Crippen LogP contribution in [0.4, 0.5) is 45.6 Å². The Morgan fingerprint density at radius 2 is 1.25 bits per heavy atom. The number of rotatable bonds is 11. The maximum atomic E-state index is 15.5. The molecule has 0 unspecified atom stereocenters. The Morgan fingerprint density at radius 1 is 0.761 bits per heavy atom. The number of alkyl halides is 2. The topological polar surface area (TPSA) is 223 Å². The normalized spacial score (nSPS) is 18.0. The number of nitrogens with zero attached hydrogens (tertiary/aromatic N) is 10. The number of piperidine rings is 2. The van der Waals surface area contributed by atoms with Crippen molar-refractivity contribution in [2.45, 2.75) is 117 Å². The van der Waals surface area contributed by atoms with E-state index in [1.54, 1.807) is 20.8 Å². The van der Waals surface area contributed by atoms with E-state index in [-0.39, 0.29) is 94.7 Å². The molecule has 8 rings (SSSR count). The van der Waals surface area contributed by atoms with Crippen LogP contribution in [0.25, 0.3) is 0 Å². The lowest BCUT2D eigenvalue weighted by Gasteiger charge is -2.40. The van der Waals surface area contributed by atoms with Crippen molar-refractivity contribution in [1.82, 2.24) is 59.9 Å². The van der Waals surface area contributed by atoms with Gasteiger partial charge in [-0.05, 0) is 74.2 Å². The van der Waals surface area contributed by atoms with Gasteiger partial charge in [0.15, 0.2) is 46.2 Å². The lowest BCUT2D eigenvalue weighted by molar-refractivity contribution is -0.153. The number of hydrogen-bond donors (Lipinski definition) is 4. The summed E-state index contributed by atoms with van der Waals surface area (Å²) in [7, 11) is 3.82. The fourth-order valence-corrected chi connectivity index (χ4v) is 8.30. The maximum Gasteiger partial charge on any atom is 0.435 e. The van der Waals surface area contributed by atoms with Crippen molar-refractivity contribution < 1.29 is 46.2 Å². The third-order valence-electron chi connectivity index (χ3n) is 12.2. The minimum Gasteiger partial charge on any atom is -0.464 e. The van der Waals surface area contributed by atoms with Gasteiger partial charge < -0.3 is 44.9 Å². The van der Waals surface area contributed by atoms with Gasteiger partial charge in [0, 0.05) is 69.5 Å². The van der Waals surface area contributed by atoms with E-state index >= 15 is 4.39 Å². The molecule has 396 valence electrons. The summed E-state index contributed by atoms with van der Waals surface area (Å²) in [5.41, 5.74) is -2.16. The molecular weight excluding hydrogens is 1000 g/mol. The zero-order chi connectivity index (χ0) is 49.8. The van der Waals surface area contributed by atoms with Gasteiger partial charge in [0.2, 0.25) is 0 Å². The summed E-state index contributed by atoms with van der Waals surface area (Å²) < 4.78 is 73.9. The Balaban J connectivity index is 0.000000302. The number of ether oxygens (including phenoxy) is 3. The first-order chi connectivity index (χ1) is 32.1. The van der Waals surface area contributed by atoms with Gasteiger partial charge in [-0.2, -0.15) is 19.7 Å². The number of fused-ring (bicyclic) bond motifs is 2. The third-order valence-corrected chi connectivity index (χ3v) is 12.5. The van der Waals surface area contributed by atoms with Crippen LogP contribution < -0.4 is 25.4 Å². The molecule has 0 spiro atoms. The zero-order valence-corrected chi connectivity index (χ0v) is 42.9. The standard InChI is InChI=1S/C20H27F2N7O2.C16H21FN6O3.C7H11ClFNO.CH4.2ClH/c1-5-31-18-23-10-13(21)16(25-18)24-15-12-11-29(19(2,3)14(12)26-27-15)17(30)20(22)6-8-28(4)9-7-20;1-5-25-14-18-8-10(17)13(21-14)20-12-9-7-19-16(3,4)11(9)23(22-12)15(24)26-6-2;1-10-4-2-7(9,3-5-10)6(8)11;;;/h10H,5-9,11H2,1-4H3,(H2,23,24,25,26,27);8,19H,5-7H2,1-4H3,(H,18,20,21,22);2-5H2,1H3;1H4;2*1H. The van der Waals surface area contributed by atoms with E-state index < -0.39 is 51.3 Å². The Bertz CT molecular complexity index is 2470. The van der Waals surface area contributed by atoms with E-state index in [2.05, 4.69) is 51.2 Å². The first kappa shape index (κ1) is 60.2. The Labute approximate surface area is 427 Å². The number of anilines is 4. The first-order valence-electron chi connectivity index (χ1n) is 22.3. The molecule has 4 N–H and O–H groups in total. The van der Waals surface area contributed by atoms with Crippen LogP contribution in [0, 0.1) is 11.6 Å². The highest BCUT2D eigenvalue weighted by Gasteiger charge is 2.52. The average Bonchev–Trinajstić information content (AvgIpc) is 4.03. The van der Waals surface area contributed by atoms with E-state index in [4.69, 9.17) is 25.8 Å². The summed E-state index contributed by atoms with van der Waals surface area (Å²) in [5.74, 6) is -1.36. The van der Waals surface area contributed by atoms with Crippen molar-refractivity contribution in [3.8, 4) is 12.0 Å². The highest BCUT2D eigenvalue weighted by Crippen LogP contribution is 2.44. The molecule has 2 fully saturated rings. The minimum atomic E-state index is -1.89. The van der Waals surface area contributed by atoms with Crippen LogP contribution in [0.5, 0.6) is 12.0 Å². The van der Waals surface area contributed by atoms with Gasteiger partial charge in [-0.25, -0.2) is 32.3 Å². The molecule has 0 atom stereocenters. The Hall–Kier alpha value is -5.14. The van der Waals surface area contributed by atoms with Crippen LogP contribution in [-0.4, -0.2) is 143 Å². The molecule has 0 aliphatic carbocycles. The predicted octanol–water partition coefficient (Wildman–Crippen LogP) is 7.46. The van der Waals surface area contributed by atoms with Gasteiger partial charge in [-0.1, -0.05) is 7.43 Å². The van der Waals surface area contributed by atoms with Crippen LogP contribution in [0.1, 0.15) is 104 Å². The van der Waals surface area contributed by atoms with Crippen LogP contribution in [0.3, 0.4) is 0 Å². The number of amides is 1. The smallest absolute Gasteiger partial charge is 0.435 e. The van der Waals surface area contributed by atoms with Crippen LogP contribution >= 0.6 is 36.4 Å². The lowest BCUT2D eigenvalue weighted by atomic mass is 9.90. The summed E-state index contributed by atoms with van der Waals surface area (Å²) in [6, 6.07) is 0.0914. The second kappa shape index (κ2) is 24.5. The van der Waals surface area contributed by atoms with Crippen molar-refractivity contribution in [2.75, 3.05) is 70.7 Å². The molecule has 0 radical (unpaired) electrons. The molecule has 0 aromatic carbocycles. The zero-order valence-electron chi connectivity index (χ0n) is 40.5. The molecular formula is C44H65Cl3F4N14O6. The highest BCUT2D eigenvalue weighted by molar-refractivity contribution is 6.65. The number of nitrogens with one attached hydrogen (secondary N) is 4. The third kappa shape index (κ3) is 13.3. The molecule has 4 aliphatic heterocycles. The lowest BCUT2D eigenvalue weighted by Crippen LogP contribution is -2.54. The molecule has 0 saturated carbocycles. The molecule has 4 aromatic rings. The Kier molecular flexibility index (Phi) is 20.8. The second-order valence-corrected chi connectivity index (χ2v) is 18.1. The molecule has 8 heterocycles. The van der Waals surface area contributed by atoms with Crippen molar-refractivity contribution in [2.24, 2.45) is 0 Å². The van der Waals surface area contributed by atoms with Gasteiger partial charge in [-0.15, -0.1) is 29.9 Å². The predicted molar refractivity (Wildman–Crippen MR) is 263 cm³/mol. The quantitative estimate of drug-likeness (QED) is 0.0846.